The Labute approximate surface area is 97.8 Å². The maximum atomic E-state index is 13.2. The van der Waals surface area contributed by atoms with Crippen molar-refractivity contribution in [3.8, 4) is 0 Å². The quantitative estimate of drug-likeness (QED) is 0.751. The molecule has 0 saturated heterocycles. The predicted octanol–water partition coefficient (Wildman–Crippen LogP) is 4.21. The van der Waals surface area contributed by atoms with Gasteiger partial charge in [0.15, 0.2) is 5.78 Å². The number of hydrogen-bond donors (Lipinski definition) is 0. The first kappa shape index (κ1) is 12.4. The highest BCUT2D eigenvalue weighted by Crippen LogP contribution is 2.19. The van der Waals surface area contributed by atoms with Crippen LogP contribution in [0.3, 0.4) is 0 Å². The van der Waals surface area contributed by atoms with Gasteiger partial charge in [0.1, 0.15) is 5.82 Å². The molecule has 1 rings (SSSR count). The van der Waals surface area contributed by atoms with Crippen LogP contribution in [-0.2, 0) is 0 Å². The van der Waals surface area contributed by atoms with Gasteiger partial charge in [-0.05, 0) is 34.5 Å². The number of benzene rings is 1. The standard InChI is InChI=1S/C12H14BrFO/c1-3-4-8(2)12(15)9-5-6-10(13)11(14)7-9/h5-8H,3-4H2,1-2H3. The lowest BCUT2D eigenvalue weighted by molar-refractivity contribution is 0.0923. The van der Waals surface area contributed by atoms with Crippen LogP contribution in [-0.4, -0.2) is 5.78 Å². The lowest BCUT2D eigenvalue weighted by Gasteiger charge is -2.09. The van der Waals surface area contributed by atoms with Crippen molar-refractivity contribution in [2.75, 3.05) is 0 Å². The largest absolute Gasteiger partial charge is 0.294 e. The summed E-state index contributed by atoms with van der Waals surface area (Å²) in [4.78, 5) is 11.8. The molecule has 0 amide bonds. The molecule has 0 radical (unpaired) electrons. The van der Waals surface area contributed by atoms with E-state index in [2.05, 4.69) is 15.9 Å². The third-order valence-corrected chi connectivity index (χ3v) is 3.02. The summed E-state index contributed by atoms with van der Waals surface area (Å²) in [5, 5.41) is 0. The average Bonchev–Trinajstić information content (AvgIpc) is 2.21. The zero-order valence-corrected chi connectivity index (χ0v) is 10.5. The van der Waals surface area contributed by atoms with E-state index in [1.54, 1.807) is 12.1 Å². The third-order valence-electron chi connectivity index (χ3n) is 2.37. The monoisotopic (exact) mass is 272 g/mol. The molecular weight excluding hydrogens is 259 g/mol. The number of Topliss-reactive ketones (excluding diaryl/α,β-unsaturated/α-hetero) is 1. The molecule has 0 fully saturated rings. The molecule has 0 bridgehead atoms. The number of hydrogen-bond acceptors (Lipinski definition) is 1. The lowest BCUT2D eigenvalue weighted by Crippen LogP contribution is -2.11. The summed E-state index contributed by atoms with van der Waals surface area (Å²) < 4.78 is 13.6. The maximum Gasteiger partial charge on any atom is 0.165 e. The van der Waals surface area contributed by atoms with Gasteiger partial charge in [0.05, 0.1) is 4.47 Å². The van der Waals surface area contributed by atoms with E-state index < -0.39 is 0 Å². The Kier molecular flexibility index (Phi) is 4.45. The Morgan fingerprint density at radius 2 is 2.20 bits per heavy atom. The second-order valence-corrected chi connectivity index (χ2v) is 4.54. The Bertz CT molecular complexity index is 363. The van der Waals surface area contributed by atoms with Crippen molar-refractivity contribution in [1.82, 2.24) is 0 Å². The number of rotatable bonds is 4. The summed E-state index contributed by atoms with van der Waals surface area (Å²) >= 11 is 3.06. The van der Waals surface area contributed by atoms with Crippen molar-refractivity contribution < 1.29 is 9.18 Å². The molecule has 0 aliphatic heterocycles. The van der Waals surface area contributed by atoms with Gasteiger partial charge < -0.3 is 0 Å². The minimum Gasteiger partial charge on any atom is -0.294 e. The number of halogens is 2. The summed E-state index contributed by atoms with van der Waals surface area (Å²) in [6.07, 6.45) is 1.81. The Hall–Kier alpha value is -0.700. The number of carbonyl (C=O) groups is 1. The Morgan fingerprint density at radius 1 is 1.53 bits per heavy atom. The van der Waals surface area contributed by atoms with Gasteiger partial charge >= 0.3 is 0 Å². The summed E-state index contributed by atoms with van der Waals surface area (Å²) in [7, 11) is 0. The van der Waals surface area contributed by atoms with Crippen LogP contribution in [0.5, 0.6) is 0 Å². The molecule has 15 heavy (non-hydrogen) atoms. The van der Waals surface area contributed by atoms with Gasteiger partial charge in [-0.15, -0.1) is 0 Å². The summed E-state index contributed by atoms with van der Waals surface area (Å²) in [6.45, 7) is 3.91. The van der Waals surface area contributed by atoms with Crippen LogP contribution in [0.1, 0.15) is 37.0 Å². The molecule has 0 spiro atoms. The van der Waals surface area contributed by atoms with Crippen molar-refractivity contribution in [2.45, 2.75) is 26.7 Å². The molecule has 1 aromatic rings. The van der Waals surface area contributed by atoms with Crippen LogP contribution < -0.4 is 0 Å². The van der Waals surface area contributed by atoms with E-state index >= 15 is 0 Å². The molecule has 0 N–H and O–H groups in total. The molecule has 0 heterocycles. The Morgan fingerprint density at radius 3 is 2.73 bits per heavy atom. The first-order valence-corrected chi connectivity index (χ1v) is 5.84. The minimum atomic E-state index is -0.385. The molecule has 3 heteroatoms. The summed E-state index contributed by atoms with van der Waals surface area (Å²) in [6, 6.07) is 4.52. The fraction of sp³-hybridized carbons (Fsp3) is 0.417. The molecule has 1 aromatic carbocycles. The smallest absolute Gasteiger partial charge is 0.165 e. The van der Waals surface area contributed by atoms with E-state index in [1.165, 1.54) is 6.07 Å². The molecule has 1 nitrogen and oxygen atoms in total. The van der Waals surface area contributed by atoms with E-state index in [-0.39, 0.29) is 17.5 Å². The van der Waals surface area contributed by atoms with Crippen LogP contribution in [0.25, 0.3) is 0 Å². The van der Waals surface area contributed by atoms with Gasteiger partial charge in [-0.3, -0.25) is 4.79 Å². The number of ketones is 1. The van der Waals surface area contributed by atoms with Crippen molar-refractivity contribution in [3.05, 3.63) is 34.1 Å². The van der Waals surface area contributed by atoms with Gasteiger partial charge in [-0.1, -0.05) is 26.3 Å². The topological polar surface area (TPSA) is 17.1 Å². The highest BCUT2D eigenvalue weighted by molar-refractivity contribution is 9.10. The van der Waals surface area contributed by atoms with E-state index in [9.17, 15) is 9.18 Å². The molecule has 0 aromatic heterocycles. The van der Waals surface area contributed by atoms with Crippen LogP contribution in [0.15, 0.2) is 22.7 Å². The fourth-order valence-corrected chi connectivity index (χ4v) is 1.74. The third kappa shape index (κ3) is 3.13. The van der Waals surface area contributed by atoms with Crippen molar-refractivity contribution in [3.63, 3.8) is 0 Å². The van der Waals surface area contributed by atoms with Crippen LogP contribution in [0.2, 0.25) is 0 Å². The van der Waals surface area contributed by atoms with E-state index in [0.29, 0.717) is 10.0 Å². The van der Waals surface area contributed by atoms with Crippen molar-refractivity contribution >= 4 is 21.7 Å². The molecule has 82 valence electrons. The summed E-state index contributed by atoms with van der Waals surface area (Å²) in [5.74, 6) is -0.400. The van der Waals surface area contributed by atoms with Gasteiger partial charge in [0.2, 0.25) is 0 Å². The second kappa shape index (κ2) is 5.40. The van der Waals surface area contributed by atoms with E-state index in [0.717, 1.165) is 12.8 Å². The molecule has 0 aliphatic rings. The molecule has 0 aliphatic carbocycles. The second-order valence-electron chi connectivity index (χ2n) is 3.68. The van der Waals surface area contributed by atoms with Gasteiger partial charge in [-0.2, -0.15) is 0 Å². The van der Waals surface area contributed by atoms with Crippen molar-refractivity contribution in [1.29, 1.82) is 0 Å². The fourth-order valence-electron chi connectivity index (χ4n) is 1.50. The number of carbonyl (C=O) groups excluding carboxylic acids is 1. The zero-order valence-electron chi connectivity index (χ0n) is 8.89. The lowest BCUT2D eigenvalue weighted by atomic mass is 9.95. The van der Waals surface area contributed by atoms with Crippen LogP contribution in [0, 0.1) is 11.7 Å². The zero-order chi connectivity index (χ0) is 11.4. The molecule has 1 unspecified atom stereocenters. The van der Waals surface area contributed by atoms with Gasteiger partial charge in [-0.25, -0.2) is 4.39 Å². The Balaban J connectivity index is 2.87. The van der Waals surface area contributed by atoms with Gasteiger partial charge in [0, 0.05) is 11.5 Å². The predicted molar refractivity (Wildman–Crippen MR) is 62.5 cm³/mol. The van der Waals surface area contributed by atoms with Crippen LogP contribution in [0.4, 0.5) is 4.39 Å². The molecule has 0 saturated carbocycles. The van der Waals surface area contributed by atoms with Crippen LogP contribution >= 0.6 is 15.9 Å². The molecular formula is C12H14BrFO. The van der Waals surface area contributed by atoms with E-state index in [1.807, 2.05) is 13.8 Å². The average molecular weight is 273 g/mol. The SMILES string of the molecule is CCCC(C)C(=O)c1ccc(Br)c(F)c1. The first-order chi connectivity index (χ1) is 7.06. The van der Waals surface area contributed by atoms with Crippen molar-refractivity contribution in [2.24, 2.45) is 5.92 Å². The highest BCUT2D eigenvalue weighted by Gasteiger charge is 2.15. The molecule has 1 atom stereocenters. The maximum absolute atomic E-state index is 13.2. The van der Waals surface area contributed by atoms with Gasteiger partial charge in [0.25, 0.3) is 0 Å². The minimum absolute atomic E-state index is 0.0169. The highest BCUT2D eigenvalue weighted by atomic mass is 79.9. The van der Waals surface area contributed by atoms with E-state index in [4.69, 9.17) is 0 Å². The summed E-state index contributed by atoms with van der Waals surface area (Å²) in [5.41, 5.74) is 0.455. The normalized spacial score (nSPS) is 12.5. The first-order valence-electron chi connectivity index (χ1n) is 5.05.